The van der Waals surface area contributed by atoms with Gasteiger partial charge in [0, 0.05) is 18.9 Å². The molecule has 0 saturated heterocycles. The summed E-state index contributed by atoms with van der Waals surface area (Å²) >= 11 is 0. The van der Waals surface area contributed by atoms with E-state index in [9.17, 15) is 9.59 Å². The number of carbonyl (C=O) groups excluding carboxylic acids is 2. The van der Waals surface area contributed by atoms with E-state index in [4.69, 9.17) is 4.74 Å². The van der Waals surface area contributed by atoms with Gasteiger partial charge in [0.05, 0.1) is 6.61 Å². The van der Waals surface area contributed by atoms with Gasteiger partial charge in [0.1, 0.15) is 0 Å². The normalized spacial score (nSPS) is 10.2. The standard InChI is InChI=1S/C12H23NO3/c1-4-10(5-2)13-11(14)8-7-9-12(15)16-6-3/h10H,4-9H2,1-3H3,(H,13,14). The summed E-state index contributed by atoms with van der Waals surface area (Å²) in [6.07, 6.45) is 3.17. The van der Waals surface area contributed by atoms with Gasteiger partial charge in [-0.2, -0.15) is 0 Å². The molecule has 4 heteroatoms. The second kappa shape index (κ2) is 9.19. The van der Waals surface area contributed by atoms with Gasteiger partial charge in [0.15, 0.2) is 0 Å². The van der Waals surface area contributed by atoms with Gasteiger partial charge in [0.2, 0.25) is 5.91 Å². The molecule has 0 radical (unpaired) electrons. The van der Waals surface area contributed by atoms with Crippen LogP contribution in [0.4, 0.5) is 0 Å². The zero-order valence-corrected chi connectivity index (χ0v) is 10.5. The van der Waals surface area contributed by atoms with Crippen molar-refractivity contribution >= 4 is 11.9 Å². The Bertz CT molecular complexity index is 212. The summed E-state index contributed by atoms with van der Waals surface area (Å²) in [5.41, 5.74) is 0. The van der Waals surface area contributed by atoms with E-state index < -0.39 is 0 Å². The lowest BCUT2D eigenvalue weighted by Gasteiger charge is -2.14. The maximum atomic E-state index is 11.4. The number of rotatable bonds is 8. The van der Waals surface area contributed by atoms with Crippen LogP contribution in [0.25, 0.3) is 0 Å². The first-order chi connectivity index (χ1) is 7.63. The van der Waals surface area contributed by atoms with Crippen LogP contribution in [-0.4, -0.2) is 24.5 Å². The molecule has 0 fully saturated rings. The molecule has 0 aliphatic heterocycles. The molecule has 0 rings (SSSR count). The second-order valence-corrected chi connectivity index (χ2v) is 3.74. The molecular formula is C12H23NO3. The van der Waals surface area contributed by atoms with Crippen LogP contribution >= 0.6 is 0 Å². The van der Waals surface area contributed by atoms with Crippen molar-refractivity contribution in [3.8, 4) is 0 Å². The van der Waals surface area contributed by atoms with Crippen LogP contribution in [-0.2, 0) is 14.3 Å². The second-order valence-electron chi connectivity index (χ2n) is 3.74. The lowest BCUT2D eigenvalue weighted by Crippen LogP contribution is -2.33. The maximum Gasteiger partial charge on any atom is 0.305 e. The number of hydrogen-bond acceptors (Lipinski definition) is 3. The van der Waals surface area contributed by atoms with E-state index in [1.165, 1.54) is 0 Å². The van der Waals surface area contributed by atoms with Gasteiger partial charge in [-0.1, -0.05) is 13.8 Å². The molecule has 1 amide bonds. The van der Waals surface area contributed by atoms with Crippen molar-refractivity contribution in [2.45, 2.75) is 58.9 Å². The molecule has 0 bridgehead atoms. The van der Waals surface area contributed by atoms with E-state index in [0.29, 0.717) is 25.9 Å². The third-order valence-corrected chi connectivity index (χ3v) is 2.44. The average molecular weight is 229 g/mol. The van der Waals surface area contributed by atoms with Gasteiger partial charge in [-0.15, -0.1) is 0 Å². The molecule has 0 aliphatic carbocycles. The highest BCUT2D eigenvalue weighted by Gasteiger charge is 2.09. The van der Waals surface area contributed by atoms with Crippen molar-refractivity contribution in [3.05, 3.63) is 0 Å². The molecular weight excluding hydrogens is 206 g/mol. The van der Waals surface area contributed by atoms with Crippen LogP contribution in [0.5, 0.6) is 0 Å². The van der Waals surface area contributed by atoms with Crippen LogP contribution in [0, 0.1) is 0 Å². The molecule has 0 aromatic heterocycles. The summed E-state index contributed by atoms with van der Waals surface area (Å²) in [6, 6.07) is 0.259. The van der Waals surface area contributed by atoms with E-state index in [-0.39, 0.29) is 17.9 Å². The Labute approximate surface area is 97.7 Å². The van der Waals surface area contributed by atoms with E-state index in [1.54, 1.807) is 6.92 Å². The Morgan fingerprint density at radius 2 is 1.75 bits per heavy atom. The highest BCUT2D eigenvalue weighted by molar-refractivity contribution is 5.77. The van der Waals surface area contributed by atoms with Crippen molar-refractivity contribution in [3.63, 3.8) is 0 Å². The Morgan fingerprint density at radius 3 is 2.25 bits per heavy atom. The van der Waals surface area contributed by atoms with E-state index in [2.05, 4.69) is 5.32 Å². The Kier molecular flexibility index (Phi) is 8.58. The van der Waals surface area contributed by atoms with Crippen molar-refractivity contribution < 1.29 is 14.3 Å². The van der Waals surface area contributed by atoms with Crippen LogP contribution < -0.4 is 5.32 Å². The summed E-state index contributed by atoms with van der Waals surface area (Å²) in [7, 11) is 0. The van der Waals surface area contributed by atoms with Crippen LogP contribution in [0.3, 0.4) is 0 Å². The van der Waals surface area contributed by atoms with Gasteiger partial charge >= 0.3 is 5.97 Å². The largest absolute Gasteiger partial charge is 0.466 e. The first-order valence-corrected chi connectivity index (χ1v) is 6.08. The smallest absolute Gasteiger partial charge is 0.305 e. The predicted octanol–water partition coefficient (Wildman–Crippen LogP) is 2.02. The number of hydrogen-bond donors (Lipinski definition) is 1. The molecule has 0 aromatic carbocycles. The van der Waals surface area contributed by atoms with Crippen LogP contribution in [0.15, 0.2) is 0 Å². The lowest BCUT2D eigenvalue weighted by molar-refractivity contribution is -0.143. The third-order valence-electron chi connectivity index (χ3n) is 2.44. The lowest BCUT2D eigenvalue weighted by atomic mass is 10.1. The fourth-order valence-corrected chi connectivity index (χ4v) is 1.42. The summed E-state index contributed by atoms with van der Waals surface area (Å²) in [5, 5.41) is 2.93. The molecule has 1 N–H and O–H groups in total. The number of carbonyl (C=O) groups is 2. The quantitative estimate of drug-likeness (QED) is 0.648. The molecule has 0 spiro atoms. The average Bonchev–Trinajstić information content (AvgIpc) is 2.26. The highest BCUT2D eigenvalue weighted by atomic mass is 16.5. The van der Waals surface area contributed by atoms with E-state index in [0.717, 1.165) is 12.8 Å². The molecule has 16 heavy (non-hydrogen) atoms. The zero-order chi connectivity index (χ0) is 12.4. The maximum absolute atomic E-state index is 11.4. The molecule has 94 valence electrons. The fraction of sp³-hybridized carbons (Fsp3) is 0.833. The van der Waals surface area contributed by atoms with E-state index in [1.807, 2.05) is 13.8 Å². The van der Waals surface area contributed by atoms with Crippen molar-refractivity contribution in [2.24, 2.45) is 0 Å². The van der Waals surface area contributed by atoms with E-state index >= 15 is 0 Å². The number of esters is 1. The summed E-state index contributed by atoms with van der Waals surface area (Å²) in [5.74, 6) is -0.198. The SMILES string of the molecule is CCOC(=O)CCCC(=O)NC(CC)CC. The van der Waals surface area contributed by atoms with Crippen molar-refractivity contribution in [1.82, 2.24) is 5.32 Å². The molecule has 0 aliphatic rings. The molecule has 0 unspecified atom stereocenters. The number of ether oxygens (including phenoxy) is 1. The monoisotopic (exact) mass is 229 g/mol. The Balaban J connectivity index is 3.61. The molecule has 4 nitrogen and oxygen atoms in total. The Hall–Kier alpha value is -1.06. The topological polar surface area (TPSA) is 55.4 Å². The number of nitrogens with one attached hydrogen (secondary N) is 1. The van der Waals surface area contributed by atoms with Crippen molar-refractivity contribution in [1.29, 1.82) is 0 Å². The predicted molar refractivity (Wildman–Crippen MR) is 63.0 cm³/mol. The van der Waals surface area contributed by atoms with Gasteiger partial charge in [-0.05, 0) is 26.2 Å². The van der Waals surface area contributed by atoms with Gasteiger partial charge in [0.25, 0.3) is 0 Å². The molecule has 0 heterocycles. The van der Waals surface area contributed by atoms with Crippen LogP contribution in [0.2, 0.25) is 0 Å². The fourth-order valence-electron chi connectivity index (χ4n) is 1.42. The molecule has 0 saturated carbocycles. The summed E-state index contributed by atoms with van der Waals surface area (Å²) < 4.78 is 4.78. The third kappa shape index (κ3) is 7.26. The Morgan fingerprint density at radius 1 is 1.12 bits per heavy atom. The number of amides is 1. The summed E-state index contributed by atoms with van der Waals surface area (Å²) in [6.45, 7) is 6.27. The minimum absolute atomic E-state index is 0.0259. The van der Waals surface area contributed by atoms with Gasteiger partial charge in [-0.25, -0.2) is 0 Å². The van der Waals surface area contributed by atoms with Crippen molar-refractivity contribution in [2.75, 3.05) is 6.61 Å². The molecule has 0 aromatic rings. The first-order valence-electron chi connectivity index (χ1n) is 6.08. The highest BCUT2D eigenvalue weighted by Crippen LogP contribution is 2.01. The first kappa shape index (κ1) is 14.9. The minimum Gasteiger partial charge on any atom is -0.466 e. The van der Waals surface area contributed by atoms with Gasteiger partial charge in [-0.3, -0.25) is 9.59 Å². The van der Waals surface area contributed by atoms with Crippen LogP contribution in [0.1, 0.15) is 52.9 Å². The van der Waals surface area contributed by atoms with Gasteiger partial charge < -0.3 is 10.1 Å². The molecule has 0 atom stereocenters. The summed E-state index contributed by atoms with van der Waals surface area (Å²) in [4.78, 5) is 22.5. The minimum atomic E-state index is -0.224. The zero-order valence-electron chi connectivity index (χ0n) is 10.5.